The Bertz CT molecular complexity index is 261. The van der Waals surface area contributed by atoms with Crippen molar-refractivity contribution >= 4 is 6.03 Å². The maximum atomic E-state index is 11.5. The zero-order valence-electron chi connectivity index (χ0n) is 9.04. The van der Waals surface area contributed by atoms with Gasteiger partial charge in [0.25, 0.3) is 0 Å². The number of carbonyl (C=O) groups excluding carboxylic acids is 1. The maximum absolute atomic E-state index is 11.5. The van der Waals surface area contributed by atoms with E-state index in [0.717, 1.165) is 31.8 Å². The molecule has 1 aliphatic heterocycles. The lowest BCUT2D eigenvalue weighted by molar-refractivity contribution is 0.235. The zero-order valence-corrected chi connectivity index (χ0v) is 9.04. The standard InChI is InChI=1S/C11H19N3O/c15-11(12-8-1-2-8)13-9-5-6-14(7-9)10-3-4-10/h8-10H,1-7H2,(H2,12,13,15). The van der Waals surface area contributed by atoms with E-state index in [-0.39, 0.29) is 6.03 Å². The Morgan fingerprint density at radius 3 is 2.40 bits per heavy atom. The molecule has 3 fully saturated rings. The molecule has 2 saturated carbocycles. The lowest BCUT2D eigenvalue weighted by Crippen LogP contribution is -2.44. The van der Waals surface area contributed by atoms with Crippen LogP contribution in [-0.4, -0.2) is 42.1 Å². The van der Waals surface area contributed by atoms with Crippen LogP contribution in [-0.2, 0) is 0 Å². The molecule has 1 heterocycles. The van der Waals surface area contributed by atoms with E-state index in [2.05, 4.69) is 15.5 Å². The molecule has 4 heteroatoms. The van der Waals surface area contributed by atoms with Gasteiger partial charge < -0.3 is 10.6 Å². The van der Waals surface area contributed by atoms with Crippen molar-refractivity contribution in [2.45, 2.75) is 50.2 Å². The monoisotopic (exact) mass is 209 g/mol. The van der Waals surface area contributed by atoms with Crippen LogP contribution >= 0.6 is 0 Å². The summed E-state index contributed by atoms with van der Waals surface area (Å²) in [4.78, 5) is 14.0. The van der Waals surface area contributed by atoms with E-state index in [9.17, 15) is 4.79 Å². The molecule has 0 bridgehead atoms. The average molecular weight is 209 g/mol. The van der Waals surface area contributed by atoms with Gasteiger partial charge in [0.05, 0.1) is 0 Å². The Kier molecular flexibility index (Phi) is 2.31. The SMILES string of the molecule is O=C(NC1CC1)NC1CCN(C2CC2)C1. The first-order valence-electron chi connectivity index (χ1n) is 6.12. The largest absolute Gasteiger partial charge is 0.335 e. The summed E-state index contributed by atoms with van der Waals surface area (Å²) in [5, 5.41) is 6.04. The third-order valence-electron chi connectivity index (χ3n) is 3.53. The molecule has 0 aromatic rings. The molecule has 2 N–H and O–H groups in total. The maximum Gasteiger partial charge on any atom is 0.315 e. The number of carbonyl (C=O) groups is 1. The summed E-state index contributed by atoms with van der Waals surface area (Å²) in [7, 11) is 0. The van der Waals surface area contributed by atoms with Crippen LogP contribution in [0.1, 0.15) is 32.1 Å². The Morgan fingerprint density at radius 2 is 1.73 bits per heavy atom. The molecule has 4 nitrogen and oxygen atoms in total. The van der Waals surface area contributed by atoms with Crippen molar-refractivity contribution < 1.29 is 4.79 Å². The number of urea groups is 1. The number of hydrogen-bond donors (Lipinski definition) is 2. The highest BCUT2D eigenvalue weighted by Crippen LogP contribution is 2.29. The molecular weight excluding hydrogens is 190 g/mol. The van der Waals surface area contributed by atoms with E-state index in [1.807, 2.05) is 0 Å². The van der Waals surface area contributed by atoms with E-state index < -0.39 is 0 Å². The van der Waals surface area contributed by atoms with E-state index in [1.54, 1.807) is 0 Å². The van der Waals surface area contributed by atoms with Gasteiger partial charge in [-0.15, -0.1) is 0 Å². The summed E-state index contributed by atoms with van der Waals surface area (Å²) < 4.78 is 0. The number of nitrogens with zero attached hydrogens (tertiary/aromatic N) is 1. The van der Waals surface area contributed by atoms with Crippen LogP contribution in [0.2, 0.25) is 0 Å². The van der Waals surface area contributed by atoms with Gasteiger partial charge in [-0.1, -0.05) is 0 Å². The molecular formula is C11H19N3O. The predicted molar refractivity (Wildman–Crippen MR) is 57.7 cm³/mol. The predicted octanol–water partition coefficient (Wildman–Crippen LogP) is 0.685. The molecule has 0 spiro atoms. The van der Waals surface area contributed by atoms with E-state index in [0.29, 0.717) is 12.1 Å². The summed E-state index contributed by atoms with van der Waals surface area (Å²) in [6.45, 7) is 2.22. The highest BCUT2D eigenvalue weighted by atomic mass is 16.2. The minimum Gasteiger partial charge on any atom is -0.335 e. The van der Waals surface area contributed by atoms with Crippen molar-refractivity contribution in [3.8, 4) is 0 Å². The first-order valence-corrected chi connectivity index (χ1v) is 6.12. The van der Waals surface area contributed by atoms with Gasteiger partial charge in [-0.25, -0.2) is 4.79 Å². The number of amides is 2. The lowest BCUT2D eigenvalue weighted by Gasteiger charge is -2.16. The number of hydrogen-bond acceptors (Lipinski definition) is 2. The van der Waals surface area contributed by atoms with Gasteiger partial charge in [0, 0.05) is 31.2 Å². The lowest BCUT2D eigenvalue weighted by atomic mass is 10.3. The molecule has 1 saturated heterocycles. The van der Waals surface area contributed by atoms with Gasteiger partial charge in [0.2, 0.25) is 0 Å². The van der Waals surface area contributed by atoms with Crippen molar-refractivity contribution in [2.24, 2.45) is 0 Å². The molecule has 1 unspecified atom stereocenters. The minimum absolute atomic E-state index is 0.0418. The fraction of sp³-hybridized carbons (Fsp3) is 0.909. The number of nitrogens with one attached hydrogen (secondary N) is 2. The fourth-order valence-electron chi connectivity index (χ4n) is 2.32. The topological polar surface area (TPSA) is 44.4 Å². The molecule has 2 aliphatic carbocycles. The number of rotatable bonds is 3. The second kappa shape index (κ2) is 3.67. The van der Waals surface area contributed by atoms with Crippen LogP contribution in [0.15, 0.2) is 0 Å². The normalized spacial score (nSPS) is 31.6. The summed E-state index contributed by atoms with van der Waals surface area (Å²) in [6.07, 6.45) is 6.16. The average Bonchev–Trinajstić information content (AvgIpc) is 3.09. The van der Waals surface area contributed by atoms with Gasteiger partial charge >= 0.3 is 6.03 Å². The quantitative estimate of drug-likeness (QED) is 0.718. The first kappa shape index (κ1) is 9.46. The second-order valence-corrected chi connectivity index (χ2v) is 5.10. The van der Waals surface area contributed by atoms with Crippen molar-refractivity contribution in [1.82, 2.24) is 15.5 Å². The summed E-state index contributed by atoms with van der Waals surface area (Å²) in [5.74, 6) is 0. The van der Waals surface area contributed by atoms with Crippen molar-refractivity contribution in [3.05, 3.63) is 0 Å². The molecule has 1 atom stereocenters. The van der Waals surface area contributed by atoms with Crippen LogP contribution < -0.4 is 10.6 Å². The minimum atomic E-state index is 0.0418. The molecule has 0 aromatic heterocycles. The van der Waals surface area contributed by atoms with Gasteiger partial charge in [-0.05, 0) is 32.1 Å². The third kappa shape index (κ3) is 2.43. The molecule has 15 heavy (non-hydrogen) atoms. The van der Waals surface area contributed by atoms with Crippen LogP contribution in [0.5, 0.6) is 0 Å². The fourth-order valence-corrected chi connectivity index (χ4v) is 2.32. The van der Waals surface area contributed by atoms with Gasteiger partial charge in [-0.3, -0.25) is 4.90 Å². The molecule has 3 aliphatic rings. The van der Waals surface area contributed by atoms with E-state index in [1.165, 1.54) is 19.4 Å². The first-order chi connectivity index (χ1) is 7.31. The van der Waals surface area contributed by atoms with Gasteiger partial charge in [0.1, 0.15) is 0 Å². The van der Waals surface area contributed by atoms with Gasteiger partial charge in [-0.2, -0.15) is 0 Å². The highest BCUT2D eigenvalue weighted by Gasteiger charge is 2.35. The van der Waals surface area contributed by atoms with E-state index in [4.69, 9.17) is 0 Å². The zero-order chi connectivity index (χ0) is 10.3. The molecule has 2 amide bonds. The van der Waals surface area contributed by atoms with Crippen LogP contribution in [0.3, 0.4) is 0 Å². The van der Waals surface area contributed by atoms with Crippen LogP contribution in [0, 0.1) is 0 Å². The molecule has 0 radical (unpaired) electrons. The van der Waals surface area contributed by atoms with Crippen LogP contribution in [0.25, 0.3) is 0 Å². The summed E-state index contributed by atoms with van der Waals surface area (Å²) in [5.41, 5.74) is 0. The van der Waals surface area contributed by atoms with Crippen LogP contribution in [0.4, 0.5) is 4.79 Å². The smallest absolute Gasteiger partial charge is 0.315 e. The molecule has 0 aromatic carbocycles. The highest BCUT2D eigenvalue weighted by molar-refractivity contribution is 5.74. The Labute approximate surface area is 90.4 Å². The second-order valence-electron chi connectivity index (χ2n) is 5.10. The molecule has 3 rings (SSSR count). The summed E-state index contributed by atoms with van der Waals surface area (Å²) >= 11 is 0. The Morgan fingerprint density at radius 1 is 1.00 bits per heavy atom. The number of likely N-dealkylation sites (tertiary alicyclic amines) is 1. The Hall–Kier alpha value is -0.770. The van der Waals surface area contributed by atoms with Crippen molar-refractivity contribution in [2.75, 3.05) is 13.1 Å². The van der Waals surface area contributed by atoms with E-state index >= 15 is 0 Å². The third-order valence-corrected chi connectivity index (χ3v) is 3.53. The Balaban J connectivity index is 1.41. The molecule has 84 valence electrons. The van der Waals surface area contributed by atoms with Crippen molar-refractivity contribution in [3.63, 3.8) is 0 Å². The van der Waals surface area contributed by atoms with Crippen molar-refractivity contribution in [1.29, 1.82) is 0 Å². The van der Waals surface area contributed by atoms with Gasteiger partial charge in [0.15, 0.2) is 0 Å². The summed E-state index contributed by atoms with van der Waals surface area (Å²) in [6, 6.07) is 1.72.